The van der Waals surface area contributed by atoms with E-state index in [4.69, 9.17) is 10.5 Å². The van der Waals surface area contributed by atoms with Gasteiger partial charge in [0.2, 0.25) is 0 Å². The van der Waals surface area contributed by atoms with Crippen molar-refractivity contribution in [2.75, 3.05) is 0 Å². The lowest BCUT2D eigenvalue weighted by molar-refractivity contribution is -0.148. The van der Waals surface area contributed by atoms with Gasteiger partial charge >= 0.3 is 0 Å². The molecule has 0 radical (unpaired) electrons. The van der Waals surface area contributed by atoms with Gasteiger partial charge in [-0.25, -0.2) is 0 Å². The van der Waals surface area contributed by atoms with E-state index in [0.29, 0.717) is 6.42 Å². The van der Waals surface area contributed by atoms with Gasteiger partial charge in [-0.2, -0.15) is 0 Å². The van der Waals surface area contributed by atoms with Crippen molar-refractivity contribution in [1.29, 1.82) is 0 Å². The highest BCUT2D eigenvalue weighted by Crippen LogP contribution is 2.21. The Morgan fingerprint density at radius 3 is 2.54 bits per heavy atom. The second-order valence-electron chi connectivity index (χ2n) is 4.06. The van der Waals surface area contributed by atoms with Gasteiger partial charge in [-0.05, 0) is 19.8 Å². The first-order valence-corrected chi connectivity index (χ1v) is 5.27. The van der Waals surface area contributed by atoms with E-state index < -0.39 is 6.29 Å². The van der Waals surface area contributed by atoms with Gasteiger partial charge in [-0.1, -0.05) is 19.3 Å². The van der Waals surface area contributed by atoms with E-state index in [0.717, 1.165) is 12.8 Å². The highest BCUT2D eigenvalue weighted by molar-refractivity contribution is 4.66. The normalized spacial score (nSPS) is 24.2. The van der Waals surface area contributed by atoms with Crippen LogP contribution in [0.25, 0.3) is 0 Å². The number of hydrogen-bond donors (Lipinski definition) is 2. The summed E-state index contributed by atoms with van der Waals surface area (Å²) in [6.45, 7) is 1.88. The zero-order valence-corrected chi connectivity index (χ0v) is 8.41. The smallest absolute Gasteiger partial charge is 0.156 e. The van der Waals surface area contributed by atoms with Crippen LogP contribution >= 0.6 is 0 Å². The molecular formula is C10H21NO2. The minimum atomic E-state index is -0.664. The molecule has 0 amide bonds. The van der Waals surface area contributed by atoms with E-state index in [-0.39, 0.29) is 12.1 Å². The van der Waals surface area contributed by atoms with Crippen molar-refractivity contribution in [3.8, 4) is 0 Å². The van der Waals surface area contributed by atoms with Crippen LogP contribution in [0.4, 0.5) is 0 Å². The minimum Gasteiger partial charge on any atom is -0.368 e. The van der Waals surface area contributed by atoms with Crippen LogP contribution in [0.3, 0.4) is 0 Å². The largest absolute Gasteiger partial charge is 0.368 e. The van der Waals surface area contributed by atoms with Crippen molar-refractivity contribution >= 4 is 0 Å². The lowest BCUT2D eigenvalue weighted by Gasteiger charge is -2.25. The monoisotopic (exact) mass is 187 g/mol. The summed E-state index contributed by atoms with van der Waals surface area (Å²) in [5, 5.41) is 9.47. The van der Waals surface area contributed by atoms with E-state index in [2.05, 4.69) is 0 Å². The highest BCUT2D eigenvalue weighted by Gasteiger charge is 2.18. The van der Waals surface area contributed by atoms with Crippen molar-refractivity contribution in [2.45, 2.75) is 63.9 Å². The molecule has 0 saturated heterocycles. The van der Waals surface area contributed by atoms with E-state index in [9.17, 15) is 5.11 Å². The number of aliphatic hydroxyl groups excluding tert-OH is 1. The van der Waals surface area contributed by atoms with Gasteiger partial charge in [0.15, 0.2) is 6.29 Å². The van der Waals surface area contributed by atoms with Gasteiger partial charge in [0, 0.05) is 12.5 Å². The van der Waals surface area contributed by atoms with Gasteiger partial charge in [-0.3, -0.25) is 0 Å². The second-order valence-corrected chi connectivity index (χ2v) is 4.06. The number of nitrogens with two attached hydrogens (primary N) is 1. The molecule has 3 heteroatoms. The van der Waals surface area contributed by atoms with Gasteiger partial charge in [0.1, 0.15) is 0 Å². The molecule has 1 fully saturated rings. The maximum absolute atomic E-state index is 9.47. The maximum Gasteiger partial charge on any atom is 0.156 e. The Morgan fingerprint density at radius 2 is 2.00 bits per heavy atom. The number of rotatable bonds is 4. The molecule has 2 atom stereocenters. The van der Waals surface area contributed by atoms with Crippen molar-refractivity contribution in [3.05, 3.63) is 0 Å². The van der Waals surface area contributed by atoms with Crippen LogP contribution in [0.15, 0.2) is 0 Å². The van der Waals surface area contributed by atoms with Gasteiger partial charge in [0.05, 0.1) is 6.10 Å². The fraction of sp³-hybridized carbons (Fsp3) is 1.00. The van der Waals surface area contributed by atoms with Crippen molar-refractivity contribution < 1.29 is 9.84 Å². The molecular weight excluding hydrogens is 166 g/mol. The summed E-state index contributed by atoms with van der Waals surface area (Å²) in [5.41, 5.74) is 5.56. The molecule has 3 N–H and O–H groups in total. The molecule has 0 heterocycles. The Labute approximate surface area is 80.3 Å². The van der Waals surface area contributed by atoms with E-state index in [1.807, 2.05) is 6.92 Å². The number of ether oxygens (including phenoxy) is 1. The van der Waals surface area contributed by atoms with Crippen molar-refractivity contribution in [3.63, 3.8) is 0 Å². The Kier molecular flexibility index (Phi) is 4.70. The fourth-order valence-electron chi connectivity index (χ4n) is 1.80. The molecule has 0 aromatic heterocycles. The summed E-state index contributed by atoms with van der Waals surface area (Å²) in [5.74, 6) is 0. The molecule has 13 heavy (non-hydrogen) atoms. The summed E-state index contributed by atoms with van der Waals surface area (Å²) in [4.78, 5) is 0. The molecule has 0 aromatic carbocycles. The standard InChI is InChI=1S/C10H21NO2/c1-8(11)7-10(12)13-9-5-3-2-4-6-9/h8-10,12H,2-7,11H2,1H3. The quantitative estimate of drug-likeness (QED) is 0.654. The SMILES string of the molecule is CC(N)CC(O)OC1CCCCC1. The van der Waals surface area contributed by atoms with Crippen molar-refractivity contribution in [2.24, 2.45) is 5.73 Å². The third-order valence-electron chi connectivity index (χ3n) is 2.48. The van der Waals surface area contributed by atoms with Gasteiger partial charge in [-0.15, -0.1) is 0 Å². The van der Waals surface area contributed by atoms with Crippen LogP contribution in [0.5, 0.6) is 0 Å². The summed E-state index contributed by atoms with van der Waals surface area (Å²) in [6, 6.07) is 0.0126. The maximum atomic E-state index is 9.47. The topological polar surface area (TPSA) is 55.5 Å². The van der Waals surface area contributed by atoms with E-state index in [1.54, 1.807) is 0 Å². The molecule has 1 saturated carbocycles. The highest BCUT2D eigenvalue weighted by atomic mass is 16.6. The molecule has 2 unspecified atom stereocenters. The molecule has 0 aromatic rings. The lowest BCUT2D eigenvalue weighted by Crippen LogP contribution is -2.29. The summed E-state index contributed by atoms with van der Waals surface area (Å²) in [6.07, 6.45) is 6.10. The molecule has 1 aliphatic carbocycles. The number of hydrogen-bond acceptors (Lipinski definition) is 3. The summed E-state index contributed by atoms with van der Waals surface area (Å²) < 4.78 is 5.48. The predicted molar refractivity (Wildman–Crippen MR) is 52.2 cm³/mol. The molecule has 1 aliphatic rings. The van der Waals surface area contributed by atoms with E-state index in [1.165, 1.54) is 19.3 Å². The second kappa shape index (κ2) is 5.58. The predicted octanol–water partition coefficient (Wildman–Crippen LogP) is 1.39. The first-order chi connectivity index (χ1) is 6.18. The number of aliphatic hydroxyl groups is 1. The lowest BCUT2D eigenvalue weighted by atomic mass is 9.98. The van der Waals surface area contributed by atoms with Crippen LogP contribution in [0.2, 0.25) is 0 Å². The van der Waals surface area contributed by atoms with Crippen LogP contribution in [0.1, 0.15) is 45.4 Å². The first-order valence-electron chi connectivity index (χ1n) is 5.27. The van der Waals surface area contributed by atoms with E-state index >= 15 is 0 Å². The third-order valence-corrected chi connectivity index (χ3v) is 2.48. The third kappa shape index (κ3) is 4.60. The molecule has 3 nitrogen and oxygen atoms in total. The van der Waals surface area contributed by atoms with Crippen LogP contribution in [-0.2, 0) is 4.74 Å². The summed E-state index contributed by atoms with van der Waals surface area (Å²) >= 11 is 0. The molecule has 0 spiro atoms. The first kappa shape index (κ1) is 11.0. The van der Waals surface area contributed by atoms with Crippen LogP contribution < -0.4 is 5.73 Å². The Bertz CT molecular complexity index is 133. The molecule has 1 rings (SSSR count). The molecule has 78 valence electrons. The zero-order chi connectivity index (χ0) is 9.68. The fourth-order valence-corrected chi connectivity index (χ4v) is 1.80. The molecule has 0 bridgehead atoms. The Morgan fingerprint density at radius 1 is 1.38 bits per heavy atom. The van der Waals surface area contributed by atoms with Crippen LogP contribution in [-0.4, -0.2) is 23.5 Å². The van der Waals surface area contributed by atoms with Gasteiger partial charge < -0.3 is 15.6 Å². The van der Waals surface area contributed by atoms with Gasteiger partial charge in [0.25, 0.3) is 0 Å². The Balaban J connectivity index is 2.14. The minimum absolute atomic E-state index is 0.0126. The molecule has 0 aliphatic heterocycles. The zero-order valence-electron chi connectivity index (χ0n) is 8.41. The van der Waals surface area contributed by atoms with Crippen LogP contribution in [0, 0.1) is 0 Å². The van der Waals surface area contributed by atoms with Crippen molar-refractivity contribution in [1.82, 2.24) is 0 Å². The Hall–Kier alpha value is -0.120. The average molecular weight is 187 g/mol. The summed E-state index contributed by atoms with van der Waals surface area (Å²) in [7, 11) is 0. The average Bonchev–Trinajstić information content (AvgIpc) is 2.04.